The first-order chi connectivity index (χ1) is 9.55. The fourth-order valence-corrected chi connectivity index (χ4v) is 3.03. The molecule has 0 aliphatic heterocycles. The van der Waals surface area contributed by atoms with Gasteiger partial charge in [0.15, 0.2) is 0 Å². The van der Waals surface area contributed by atoms with Crippen LogP contribution in [-0.2, 0) is 10.0 Å². The summed E-state index contributed by atoms with van der Waals surface area (Å²) in [7, 11) is -3.53. The molecule has 1 rings (SSSR count). The molecule has 0 saturated carbocycles. The summed E-state index contributed by atoms with van der Waals surface area (Å²) >= 11 is 0. The number of nitrogens with zero attached hydrogens (tertiary/aromatic N) is 2. The maximum atomic E-state index is 12.3. The van der Waals surface area contributed by atoms with Crippen LogP contribution in [-0.4, -0.2) is 51.0 Å². The molecular formula is C13H24N4O2S. The molecule has 2 N–H and O–H groups in total. The molecule has 0 saturated heterocycles. The molecule has 0 aliphatic carbocycles. The highest BCUT2D eigenvalue weighted by atomic mass is 32.2. The van der Waals surface area contributed by atoms with Gasteiger partial charge in [0.05, 0.1) is 5.69 Å². The van der Waals surface area contributed by atoms with Crippen LogP contribution in [0.25, 0.3) is 0 Å². The van der Waals surface area contributed by atoms with E-state index in [0.29, 0.717) is 25.3 Å². The van der Waals surface area contributed by atoms with Gasteiger partial charge in [-0.3, -0.25) is 4.98 Å². The quantitative estimate of drug-likeness (QED) is 0.715. The van der Waals surface area contributed by atoms with Crippen molar-refractivity contribution >= 4 is 15.7 Å². The Morgan fingerprint density at radius 3 is 2.55 bits per heavy atom. The summed E-state index contributed by atoms with van der Waals surface area (Å²) in [5, 5.41) is 3.03. The second-order valence-corrected chi connectivity index (χ2v) is 6.06. The van der Waals surface area contributed by atoms with E-state index < -0.39 is 10.0 Å². The van der Waals surface area contributed by atoms with Crippen molar-refractivity contribution in [3.8, 4) is 0 Å². The van der Waals surface area contributed by atoms with Crippen molar-refractivity contribution in [1.29, 1.82) is 0 Å². The van der Waals surface area contributed by atoms with Gasteiger partial charge in [-0.2, -0.15) is 0 Å². The van der Waals surface area contributed by atoms with Gasteiger partial charge in [-0.15, -0.1) is 0 Å². The lowest BCUT2D eigenvalue weighted by Crippen LogP contribution is -2.35. The highest BCUT2D eigenvalue weighted by molar-refractivity contribution is 7.89. The monoisotopic (exact) mass is 300 g/mol. The molecule has 0 atom stereocenters. The Bertz CT molecular complexity index is 501. The summed E-state index contributed by atoms with van der Waals surface area (Å²) in [6, 6.07) is 1.67. The minimum absolute atomic E-state index is 0.196. The van der Waals surface area contributed by atoms with Gasteiger partial charge in [0.25, 0.3) is 0 Å². The van der Waals surface area contributed by atoms with Crippen LogP contribution in [0.15, 0.2) is 23.4 Å². The summed E-state index contributed by atoms with van der Waals surface area (Å²) in [6.07, 6.45) is 2.95. The molecule has 0 aliphatic rings. The van der Waals surface area contributed by atoms with E-state index in [9.17, 15) is 8.42 Å². The second kappa shape index (κ2) is 8.18. The molecular weight excluding hydrogens is 276 g/mol. The fraction of sp³-hybridized carbons (Fsp3) is 0.615. The average molecular weight is 300 g/mol. The number of likely N-dealkylation sites (N-methyl/N-ethyl adjacent to an activating group) is 1. The Morgan fingerprint density at radius 1 is 1.25 bits per heavy atom. The molecule has 1 aromatic rings. The molecule has 0 unspecified atom stereocenters. The second-order valence-electron chi connectivity index (χ2n) is 4.33. The first-order valence-electron chi connectivity index (χ1n) is 6.95. The van der Waals surface area contributed by atoms with Crippen LogP contribution in [0, 0.1) is 0 Å². The van der Waals surface area contributed by atoms with E-state index in [4.69, 9.17) is 0 Å². The zero-order valence-corrected chi connectivity index (χ0v) is 13.2. The van der Waals surface area contributed by atoms with Crippen molar-refractivity contribution in [1.82, 2.24) is 14.6 Å². The van der Waals surface area contributed by atoms with Gasteiger partial charge in [0.2, 0.25) is 10.0 Å². The molecule has 6 nitrogen and oxygen atoms in total. The Hall–Kier alpha value is -1.18. The molecule has 0 fully saturated rings. The van der Waals surface area contributed by atoms with Crippen molar-refractivity contribution in [3.05, 3.63) is 18.5 Å². The molecule has 0 aromatic carbocycles. The zero-order chi connectivity index (χ0) is 15.0. The largest absolute Gasteiger partial charge is 0.384 e. The fourth-order valence-electron chi connectivity index (χ4n) is 1.89. The van der Waals surface area contributed by atoms with Gasteiger partial charge in [0, 0.05) is 32.0 Å². The first-order valence-corrected chi connectivity index (χ1v) is 8.43. The third kappa shape index (κ3) is 4.73. The minimum atomic E-state index is -3.53. The van der Waals surface area contributed by atoms with Crippen molar-refractivity contribution in [2.24, 2.45) is 0 Å². The Labute approximate surface area is 121 Å². The lowest BCUT2D eigenvalue weighted by atomic mass is 10.4. The highest BCUT2D eigenvalue weighted by Crippen LogP contribution is 2.18. The van der Waals surface area contributed by atoms with Crippen LogP contribution < -0.4 is 10.0 Å². The zero-order valence-electron chi connectivity index (χ0n) is 12.4. The van der Waals surface area contributed by atoms with Gasteiger partial charge < -0.3 is 10.2 Å². The van der Waals surface area contributed by atoms with Gasteiger partial charge in [-0.25, -0.2) is 13.1 Å². The minimum Gasteiger partial charge on any atom is -0.384 e. The van der Waals surface area contributed by atoms with Gasteiger partial charge in [-0.05, 0) is 26.1 Å². The SMILES string of the molecule is CCNc1ccncc1S(=O)(=O)NCCN(CC)CC. The van der Waals surface area contributed by atoms with E-state index in [0.717, 1.165) is 13.1 Å². The molecule has 114 valence electrons. The lowest BCUT2D eigenvalue weighted by Gasteiger charge is -2.18. The van der Waals surface area contributed by atoms with Gasteiger partial charge in [-0.1, -0.05) is 13.8 Å². The van der Waals surface area contributed by atoms with Gasteiger partial charge >= 0.3 is 0 Å². The van der Waals surface area contributed by atoms with E-state index >= 15 is 0 Å². The number of pyridine rings is 1. The van der Waals surface area contributed by atoms with E-state index in [1.807, 2.05) is 6.92 Å². The van der Waals surface area contributed by atoms with E-state index in [1.165, 1.54) is 6.20 Å². The van der Waals surface area contributed by atoms with Crippen molar-refractivity contribution in [3.63, 3.8) is 0 Å². The number of hydrogen-bond acceptors (Lipinski definition) is 5. The van der Waals surface area contributed by atoms with Crippen molar-refractivity contribution < 1.29 is 8.42 Å². The van der Waals surface area contributed by atoms with E-state index in [1.54, 1.807) is 12.3 Å². The smallest absolute Gasteiger partial charge is 0.244 e. The molecule has 0 bridgehead atoms. The summed E-state index contributed by atoms with van der Waals surface area (Å²) in [5.41, 5.74) is 0.581. The van der Waals surface area contributed by atoms with Crippen LogP contribution in [0.3, 0.4) is 0 Å². The standard InChI is InChI=1S/C13H24N4O2S/c1-4-15-12-7-8-14-11-13(12)20(18,19)16-9-10-17(5-2)6-3/h7-8,11,16H,4-6,9-10H2,1-3H3,(H,14,15). The molecule has 0 radical (unpaired) electrons. The van der Waals surface area contributed by atoms with Gasteiger partial charge in [0.1, 0.15) is 4.90 Å². The maximum Gasteiger partial charge on any atom is 0.244 e. The number of hydrogen-bond donors (Lipinski definition) is 2. The van der Waals surface area contributed by atoms with Crippen molar-refractivity contribution in [2.45, 2.75) is 25.7 Å². The van der Waals surface area contributed by atoms with Crippen LogP contribution in [0.5, 0.6) is 0 Å². The molecule has 1 aromatic heterocycles. The maximum absolute atomic E-state index is 12.3. The summed E-state index contributed by atoms with van der Waals surface area (Å²) < 4.78 is 27.2. The number of aromatic nitrogens is 1. The normalized spacial score (nSPS) is 11.8. The third-order valence-electron chi connectivity index (χ3n) is 3.06. The Morgan fingerprint density at radius 2 is 1.95 bits per heavy atom. The number of anilines is 1. The van der Waals surface area contributed by atoms with Crippen LogP contribution in [0.1, 0.15) is 20.8 Å². The summed E-state index contributed by atoms with van der Waals surface area (Å²) in [5.74, 6) is 0. The Balaban J connectivity index is 2.74. The summed E-state index contributed by atoms with van der Waals surface area (Å²) in [6.45, 7) is 9.61. The predicted molar refractivity (Wildman–Crippen MR) is 81.4 cm³/mol. The number of rotatable bonds is 9. The predicted octanol–water partition coefficient (Wildman–Crippen LogP) is 1.13. The topological polar surface area (TPSA) is 74.3 Å². The third-order valence-corrected chi connectivity index (χ3v) is 4.54. The van der Waals surface area contributed by atoms with Crippen LogP contribution in [0.2, 0.25) is 0 Å². The van der Waals surface area contributed by atoms with Crippen LogP contribution >= 0.6 is 0 Å². The van der Waals surface area contributed by atoms with E-state index in [-0.39, 0.29) is 4.90 Å². The first kappa shape index (κ1) is 16.9. The molecule has 20 heavy (non-hydrogen) atoms. The van der Waals surface area contributed by atoms with Crippen molar-refractivity contribution in [2.75, 3.05) is 38.0 Å². The molecule has 7 heteroatoms. The highest BCUT2D eigenvalue weighted by Gasteiger charge is 2.18. The Kier molecular flexibility index (Phi) is 6.90. The van der Waals surface area contributed by atoms with Crippen LogP contribution in [0.4, 0.5) is 5.69 Å². The molecule has 0 amide bonds. The molecule has 0 spiro atoms. The number of nitrogens with one attached hydrogen (secondary N) is 2. The number of sulfonamides is 1. The van der Waals surface area contributed by atoms with E-state index in [2.05, 4.69) is 33.8 Å². The molecule has 1 heterocycles. The average Bonchev–Trinajstić information content (AvgIpc) is 2.44. The summed E-state index contributed by atoms with van der Waals surface area (Å²) in [4.78, 5) is 6.26. The lowest BCUT2D eigenvalue weighted by molar-refractivity contribution is 0.309.